The molecule has 7 nitrogen and oxygen atoms in total. The third kappa shape index (κ3) is 3.92. The summed E-state index contributed by atoms with van der Waals surface area (Å²) in [4.78, 5) is 28.6. The quantitative estimate of drug-likeness (QED) is 0.413. The zero-order valence-corrected chi connectivity index (χ0v) is 17.5. The average Bonchev–Trinajstić information content (AvgIpc) is 3.15. The number of carbonyl (C=O) groups excluding carboxylic acids is 2. The molecule has 144 valence electrons. The van der Waals surface area contributed by atoms with E-state index in [9.17, 15) is 9.59 Å². The monoisotopic (exact) mass is 468 g/mol. The van der Waals surface area contributed by atoms with E-state index in [1.54, 1.807) is 42.5 Å². The Kier molecular flexibility index (Phi) is 5.16. The fourth-order valence-corrected chi connectivity index (χ4v) is 3.81. The minimum absolute atomic E-state index is 0.0349. The molecule has 0 saturated heterocycles. The summed E-state index contributed by atoms with van der Waals surface area (Å²) < 4.78 is 6.01. The molecule has 0 aromatic heterocycles. The molecule has 0 unspecified atom stereocenters. The average molecular weight is 469 g/mol. The number of halogens is 1. The smallest absolute Gasteiger partial charge is 0.343 e. The van der Waals surface area contributed by atoms with Crippen LogP contribution >= 0.6 is 27.7 Å². The number of hydrogen-bond acceptors (Lipinski definition) is 6. The molecule has 29 heavy (non-hydrogen) atoms. The molecule has 9 heteroatoms. The van der Waals surface area contributed by atoms with E-state index in [1.807, 2.05) is 13.0 Å². The molecule has 4 rings (SSSR count). The van der Waals surface area contributed by atoms with Gasteiger partial charge in [-0.3, -0.25) is 10.2 Å². The van der Waals surface area contributed by atoms with Crippen LogP contribution < -0.4 is 4.74 Å². The van der Waals surface area contributed by atoms with Crippen molar-refractivity contribution in [2.75, 3.05) is 0 Å². The minimum atomic E-state index is -0.495. The number of aryl methyl sites for hydroxylation is 1. The summed E-state index contributed by atoms with van der Waals surface area (Å²) in [7, 11) is 0. The number of aliphatic imine (C=N–C) groups is 1. The molecule has 0 saturated carbocycles. The van der Waals surface area contributed by atoms with Crippen LogP contribution in [0.3, 0.4) is 0 Å². The normalized spacial score (nSPS) is 16.8. The number of nitrogens with one attached hydrogen (secondary N) is 1. The predicted molar refractivity (Wildman–Crippen MR) is 116 cm³/mol. The van der Waals surface area contributed by atoms with Crippen molar-refractivity contribution in [1.82, 2.24) is 5.01 Å². The van der Waals surface area contributed by atoms with Crippen molar-refractivity contribution >= 4 is 62.2 Å². The second kappa shape index (κ2) is 7.76. The molecule has 0 spiro atoms. The number of nitrogens with zero attached hydrogens (tertiary/aromatic N) is 3. The van der Waals surface area contributed by atoms with E-state index in [2.05, 4.69) is 26.0 Å². The topological polar surface area (TPSA) is 95.2 Å². The maximum atomic E-state index is 12.3. The maximum absolute atomic E-state index is 12.3. The van der Waals surface area contributed by atoms with Crippen molar-refractivity contribution in [3.8, 4) is 5.75 Å². The Morgan fingerprint density at radius 3 is 2.86 bits per heavy atom. The number of benzene rings is 2. The number of hydrazone groups is 1. The summed E-state index contributed by atoms with van der Waals surface area (Å²) in [5.41, 5.74) is 3.73. The van der Waals surface area contributed by atoms with Gasteiger partial charge in [-0.1, -0.05) is 23.8 Å². The molecule has 0 atom stereocenters. The standard InChI is InChI=1S/C20H13BrN4O3S/c1-11-3-2-4-13(7-11)19(27)28-16-6-5-12(9-15(16)21)8-14-17(22)25-20(24-18(14)26)29-10-23-25/h2-10,22H,1H3/b14-8+,22-17?. The highest BCUT2D eigenvalue weighted by Crippen LogP contribution is 2.29. The van der Waals surface area contributed by atoms with Crippen LogP contribution in [0.2, 0.25) is 0 Å². The first kappa shape index (κ1) is 19.3. The summed E-state index contributed by atoms with van der Waals surface area (Å²) in [6.45, 7) is 1.90. The first-order chi connectivity index (χ1) is 13.9. The van der Waals surface area contributed by atoms with Crippen LogP contribution in [0.4, 0.5) is 0 Å². The molecule has 2 heterocycles. The number of esters is 1. The zero-order chi connectivity index (χ0) is 20.5. The van der Waals surface area contributed by atoms with Crippen LogP contribution in [-0.2, 0) is 4.79 Å². The lowest BCUT2D eigenvalue weighted by Gasteiger charge is -2.20. The summed E-state index contributed by atoms with van der Waals surface area (Å²) >= 11 is 4.58. The Morgan fingerprint density at radius 2 is 2.10 bits per heavy atom. The van der Waals surface area contributed by atoms with Crippen molar-refractivity contribution in [2.45, 2.75) is 6.92 Å². The lowest BCUT2D eigenvalue weighted by Crippen LogP contribution is -2.35. The summed E-state index contributed by atoms with van der Waals surface area (Å²) in [5.74, 6) is -0.641. The SMILES string of the molecule is Cc1cccc(C(=O)Oc2ccc(/C=C3\C(=N)N4N=CSC4=NC3=O)cc2Br)c1. The van der Waals surface area contributed by atoms with Crippen molar-refractivity contribution < 1.29 is 14.3 Å². The Bertz CT molecular complexity index is 1160. The maximum Gasteiger partial charge on any atom is 0.343 e. The number of ether oxygens (including phenoxy) is 1. The Hall–Kier alpha value is -3.04. The number of carbonyl (C=O) groups is 2. The molecule has 1 amide bonds. The van der Waals surface area contributed by atoms with Gasteiger partial charge < -0.3 is 4.74 Å². The molecule has 0 fully saturated rings. The van der Waals surface area contributed by atoms with Crippen LogP contribution in [0.25, 0.3) is 6.08 Å². The van der Waals surface area contributed by atoms with Gasteiger partial charge in [-0.05, 0) is 70.5 Å². The summed E-state index contributed by atoms with van der Waals surface area (Å²) in [6.07, 6.45) is 1.56. The summed E-state index contributed by atoms with van der Waals surface area (Å²) in [6, 6.07) is 12.2. The van der Waals surface area contributed by atoms with Gasteiger partial charge in [0.1, 0.15) is 5.75 Å². The van der Waals surface area contributed by atoms with Gasteiger partial charge in [0, 0.05) is 0 Å². The van der Waals surface area contributed by atoms with E-state index >= 15 is 0 Å². The van der Waals surface area contributed by atoms with Gasteiger partial charge in [0.15, 0.2) is 11.0 Å². The molecule has 0 aliphatic carbocycles. The van der Waals surface area contributed by atoms with E-state index in [1.165, 1.54) is 22.3 Å². The van der Waals surface area contributed by atoms with Crippen molar-refractivity contribution in [2.24, 2.45) is 10.1 Å². The van der Waals surface area contributed by atoms with Crippen molar-refractivity contribution in [3.05, 3.63) is 69.2 Å². The van der Waals surface area contributed by atoms with E-state index in [0.717, 1.165) is 5.56 Å². The third-order valence-corrected chi connectivity index (χ3v) is 5.41. The first-order valence-corrected chi connectivity index (χ1v) is 10.1. The number of amides is 1. The Morgan fingerprint density at radius 1 is 1.28 bits per heavy atom. The van der Waals surface area contributed by atoms with Gasteiger partial charge >= 0.3 is 5.97 Å². The lowest BCUT2D eigenvalue weighted by atomic mass is 10.1. The molecule has 2 aliphatic heterocycles. The highest BCUT2D eigenvalue weighted by Gasteiger charge is 2.32. The van der Waals surface area contributed by atoms with E-state index in [4.69, 9.17) is 10.1 Å². The highest BCUT2D eigenvalue weighted by atomic mass is 79.9. The molecule has 2 aromatic carbocycles. The number of amidine groups is 2. The fraction of sp³-hybridized carbons (Fsp3) is 0.0500. The molecule has 0 radical (unpaired) electrons. The molecular formula is C20H13BrN4O3S. The molecule has 2 aliphatic rings. The molecular weight excluding hydrogens is 456 g/mol. The van der Waals surface area contributed by atoms with E-state index in [-0.39, 0.29) is 11.4 Å². The molecule has 1 N–H and O–H groups in total. The van der Waals surface area contributed by atoms with Gasteiger partial charge in [0.25, 0.3) is 5.91 Å². The van der Waals surface area contributed by atoms with Crippen LogP contribution in [0.1, 0.15) is 21.5 Å². The summed E-state index contributed by atoms with van der Waals surface area (Å²) in [5, 5.41) is 13.9. The minimum Gasteiger partial charge on any atom is -0.422 e. The van der Waals surface area contributed by atoms with Crippen LogP contribution in [0.15, 0.2) is 62.6 Å². The Balaban J connectivity index is 1.57. The number of rotatable bonds is 3. The van der Waals surface area contributed by atoms with Crippen LogP contribution in [-0.4, -0.2) is 33.4 Å². The number of hydrogen-bond donors (Lipinski definition) is 1. The second-order valence-electron chi connectivity index (χ2n) is 6.21. The Labute approximate surface area is 178 Å². The van der Waals surface area contributed by atoms with Gasteiger partial charge in [0.05, 0.1) is 21.2 Å². The molecule has 0 bridgehead atoms. The second-order valence-corrected chi connectivity index (χ2v) is 7.87. The largest absolute Gasteiger partial charge is 0.422 e. The van der Waals surface area contributed by atoms with Gasteiger partial charge in [0.2, 0.25) is 0 Å². The number of thioether (sulfide) groups is 1. The van der Waals surface area contributed by atoms with Gasteiger partial charge in [-0.25, -0.2) is 4.79 Å². The van der Waals surface area contributed by atoms with Crippen LogP contribution in [0.5, 0.6) is 5.75 Å². The van der Waals surface area contributed by atoms with Crippen molar-refractivity contribution in [1.29, 1.82) is 5.41 Å². The van der Waals surface area contributed by atoms with E-state index < -0.39 is 11.9 Å². The highest BCUT2D eigenvalue weighted by molar-refractivity contribution is 9.10. The number of fused-ring (bicyclic) bond motifs is 1. The van der Waals surface area contributed by atoms with Gasteiger partial charge in [-0.2, -0.15) is 15.1 Å². The molecule has 2 aromatic rings. The predicted octanol–water partition coefficient (Wildman–Crippen LogP) is 4.23. The van der Waals surface area contributed by atoms with Crippen LogP contribution in [0, 0.1) is 12.3 Å². The lowest BCUT2D eigenvalue weighted by molar-refractivity contribution is -0.114. The fourth-order valence-electron chi connectivity index (χ4n) is 2.72. The van der Waals surface area contributed by atoms with Gasteiger partial charge in [-0.15, -0.1) is 0 Å². The van der Waals surface area contributed by atoms with Crippen molar-refractivity contribution in [3.63, 3.8) is 0 Å². The first-order valence-electron chi connectivity index (χ1n) is 8.43. The van der Waals surface area contributed by atoms with E-state index in [0.29, 0.717) is 26.5 Å². The zero-order valence-electron chi connectivity index (χ0n) is 15.0. The third-order valence-electron chi connectivity index (χ3n) is 4.12.